The molecule has 4 nitrogen and oxygen atoms in total. The second-order valence-corrected chi connectivity index (χ2v) is 5.15. The third-order valence-electron chi connectivity index (χ3n) is 2.77. The Kier molecular flexibility index (Phi) is 3.43. The molecular formula is C15H11BrN4. The van der Waals surface area contributed by atoms with Crippen LogP contribution in [0.1, 0.15) is 0 Å². The van der Waals surface area contributed by atoms with Gasteiger partial charge in [-0.25, -0.2) is 9.97 Å². The third-order valence-corrected chi connectivity index (χ3v) is 3.24. The highest BCUT2D eigenvalue weighted by atomic mass is 79.9. The van der Waals surface area contributed by atoms with Crippen LogP contribution in [-0.2, 0) is 0 Å². The van der Waals surface area contributed by atoms with Crippen molar-refractivity contribution in [3.63, 3.8) is 0 Å². The standard InChI is InChI=1S/C15H11BrN4/c16-11-6-7-12(18-9-11)15-19-13(8-14(17)20-15)10-4-2-1-3-5-10/h1-9H,(H2,17,19,20). The summed E-state index contributed by atoms with van der Waals surface area (Å²) in [5.74, 6) is 0.954. The number of anilines is 1. The summed E-state index contributed by atoms with van der Waals surface area (Å²) in [6.07, 6.45) is 1.71. The van der Waals surface area contributed by atoms with Gasteiger partial charge in [0.1, 0.15) is 11.5 Å². The van der Waals surface area contributed by atoms with Crippen LogP contribution in [0.25, 0.3) is 22.8 Å². The van der Waals surface area contributed by atoms with E-state index in [9.17, 15) is 0 Å². The molecule has 1 aromatic carbocycles. The highest BCUT2D eigenvalue weighted by Crippen LogP contribution is 2.22. The maximum absolute atomic E-state index is 5.88. The van der Waals surface area contributed by atoms with Gasteiger partial charge in [0, 0.05) is 22.3 Å². The lowest BCUT2D eigenvalue weighted by Crippen LogP contribution is -1.99. The van der Waals surface area contributed by atoms with Crippen molar-refractivity contribution in [3.8, 4) is 22.8 Å². The third kappa shape index (κ3) is 2.67. The summed E-state index contributed by atoms with van der Waals surface area (Å²) in [6.45, 7) is 0. The maximum Gasteiger partial charge on any atom is 0.180 e. The average molecular weight is 327 g/mol. The first-order chi connectivity index (χ1) is 9.72. The molecular weight excluding hydrogens is 316 g/mol. The molecule has 98 valence electrons. The van der Waals surface area contributed by atoms with Gasteiger partial charge in [-0.1, -0.05) is 30.3 Å². The minimum Gasteiger partial charge on any atom is -0.384 e. The van der Waals surface area contributed by atoms with E-state index in [0.29, 0.717) is 17.3 Å². The number of rotatable bonds is 2. The molecule has 0 saturated carbocycles. The second kappa shape index (κ2) is 5.38. The Labute approximate surface area is 124 Å². The van der Waals surface area contributed by atoms with Crippen LogP contribution in [0.15, 0.2) is 59.2 Å². The second-order valence-electron chi connectivity index (χ2n) is 4.23. The largest absolute Gasteiger partial charge is 0.384 e. The van der Waals surface area contributed by atoms with E-state index in [1.807, 2.05) is 42.5 Å². The van der Waals surface area contributed by atoms with Crippen LogP contribution in [0.3, 0.4) is 0 Å². The van der Waals surface area contributed by atoms with Crippen LogP contribution in [0.4, 0.5) is 5.82 Å². The fourth-order valence-corrected chi connectivity index (χ4v) is 2.08. The molecule has 20 heavy (non-hydrogen) atoms. The molecule has 0 aliphatic heterocycles. The molecule has 5 heteroatoms. The van der Waals surface area contributed by atoms with Gasteiger partial charge in [-0.2, -0.15) is 0 Å². The summed E-state index contributed by atoms with van der Waals surface area (Å²) in [4.78, 5) is 13.1. The quantitative estimate of drug-likeness (QED) is 0.782. The Bertz CT molecular complexity index is 727. The van der Waals surface area contributed by atoms with E-state index in [4.69, 9.17) is 5.73 Å². The Hall–Kier alpha value is -2.27. The molecule has 0 saturated heterocycles. The van der Waals surface area contributed by atoms with E-state index in [2.05, 4.69) is 30.9 Å². The SMILES string of the molecule is Nc1cc(-c2ccccc2)nc(-c2ccc(Br)cn2)n1. The van der Waals surface area contributed by atoms with Crippen molar-refractivity contribution >= 4 is 21.7 Å². The van der Waals surface area contributed by atoms with Crippen LogP contribution < -0.4 is 5.73 Å². The first-order valence-electron chi connectivity index (χ1n) is 6.04. The highest BCUT2D eigenvalue weighted by molar-refractivity contribution is 9.10. The van der Waals surface area contributed by atoms with Crippen LogP contribution >= 0.6 is 15.9 Å². The molecule has 2 heterocycles. The molecule has 3 rings (SSSR count). The fourth-order valence-electron chi connectivity index (χ4n) is 1.85. The van der Waals surface area contributed by atoms with E-state index in [-0.39, 0.29) is 0 Å². The number of hydrogen-bond donors (Lipinski definition) is 1. The summed E-state index contributed by atoms with van der Waals surface area (Å²) in [5.41, 5.74) is 8.36. The monoisotopic (exact) mass is 326 g/mol. The minimum absolute atomic E-state index is 0.429. The smallest absolute Gasteiger partial charge is 0.180 e. The summed E-state index contributed by atoms with van der Waals surface area (Å²) < 4.78 is 0.911. The molecule has 0 amide bonds. The number of nitrogen functional groups attached to an aromatic ring is 1. The van der Waals surface area contributed by atoms with E-state index in [1.54, 1.807) is 12.3 Å². The first kappa shape index (κ1) is 12.7. The van der Waals surface area contributed by atoms with Crippen LogP contribution in [0, 0.1) is 0 Å². The number of pyridine rings is 1. The zero-order chi connectivity index (χ0) is 13.9. The molecule has 0 spiro atoms. The van der Waals surface area contributed by atoms with Crippen molar-refractivity contribution in [1.29, 1.82) is 0 Å². The fraction of sp³-hybridized carbons (Fsp3) is 0. The van der Waals surface area contributed by atoms with Gasteiger partial charge in [-0.3, -0.25) is 4.98 Å². The molecule has 0 unspecified atom stereocenters. The van der Waals surface area contributed by atoms with Gasteiger partial charge in [-0.15, -0.1) is 0 Å². The highest BCUT2D eigenvalue weighted by Gasteiger charge is 2.08. The van der Waals surface area contributed by atoms with Crippen LogP contribution in [0.5, 0.6) is 0 Å². The van der Waals surface area contributed by atoms with Gasteiger partial charge in [0.25, 0.3) is 0 Å². The van der Waals surface area contributed by atoms with Gasteiger partial charge < -0.3 is 5.73 Å². The minimum atomic E-state index is 0.429. The predicted molar refractivity (Wildman–Crippen MR) is 82.8 cm³/mol. The Morgan fingerprint density at radius 1 is 0.900 bits per heavy atom. The Balaban J connectivity index is 2.09. The number of halogens is 1. The van der Waals surface area contributed by atoms with Gasteiger partial charge >= 0.3 is 0 Å². The zero-order valence-electron chi connectivity index (χ0n) is 10.5. The van der Waals surface area contributed by atoms with Crippen molar-refractivity contribution < 1.29 is 0 Å². The van der Waals surface area contributed by atoms with Crippen LogP contribution in [-0.4, -0.2) is 15.0 Å². The normalized spacial score (nSPS) is 10.4. The average Bonchev–Trinajstić information content (AvgIpc) is 2.48. The van der Waals surface area contributed by atoms with Gasteiger partial charge in [-0.05, 0) is 28.1 Å². The van der Waals surface area contributed by atoms with Crippen molar-refractivity contribution in [2.45, 2.75) is 0 Å². The van der Waals surface area contributed by atoms with Gasteiger partial charge in [0.2, 0.25) is 0 Å². The predicted octanol–water partition coefficient (Wildman–Crippen LogP) is 3.55. The van der Waals surface area contributed by atoms with Crippen molar-refractivity contribution in [3.05, 3.63) is 59.2 Å². The summed E-state index contributed by atoms with van der Waals surface area (Å²) in [6, 6.07) is 15.4. The van der Waals surface area contributed by atoms with Crippen molar-refractivity contribution in [2.75, 3.05) is 5.73 Å². The van der Waals surface area contributed by atoms with E-state index < -0.39 is 0 Å². The van der Waals surface area contributed by atoms with Crippen molar-refractivity contribution in [2.24, 2.45) is 0 Å². The Morgan fingerprint density at radius 2 is 1.70 bits per heavy atom. The molecule has 3 aromatic rings. The van der Waals surface area contributed by atoms with E-state index in [1.165, 1.54) is 0 Å². The summed E-state index contributed by atoms with van der Waals surface area (Å²) >= 11 is 3.36. The molecule has 0 bridgehead atoms. The molecule has 0 aliphatic carbocycles. The van der Waals surface area contributed by atoms with E-state index in [0.717, 1.165) is 15.7 Å². The van der Waals surface area contributed by atoms with E-state index >= 15 is 0 Å². The lowest BCUT2D eigenvalue weighted by molar-refractivity contribution is 1.15. The maximum atomic E-state index is 5.88. The first-order valence-corrected chi connectivity index (χ1v) is 6.83. The Morgan fingerprint density at radius 3 is 2.40 bits per heavy atom. The van der Waals surface area contributed by atoms with Gasteiger partial charge in [0.05, 0.1) is 5.69 Å². The number of aromatic nitrogens is 3. The van der Waals surface area contributed by atoms with Crippen LogP contribution in [0.2, 0.25) is 0 Å². The molecule has 0 aliphatic rings. The topological polar surface area (TPSA) is 64.7 Å². The zero-order valence-corrected chi connectivity index (χ0v) is 12.1. The lowest BCUT2D eigenvalue weighted by atomic mass is 10.1. The molecule has 2 N–H and O–H groups in total. The molecule has 0 fully saturated rings. The number of nitrogens with two attached hydrogens (primary N) is 1. The number of hydrogen-bond acceptors (Lipinski definition) is 4. The number of benzene rings is 1. The van der Waals surface area contributed by atoms with Crippen molar-refractivity contribution in [1.82, 2.24) is 15.0 Å². The molecule has 2 aromatic heterocycles. The molecule has 0 radical (unpaired) electrons. The van der Waals surface area contributed by atoms with Gasteiger partial charge in [0.15, 0.2) is 5.82 Å². The molecule has 0 atom stereocenters. The summed E-state index contributed by atoms with van der Waals surface area (Å²) in [5, 5.41) is 0. The summed E-state index contributed by atoms with van der Waals surface area (Å²) in [7, 11) is 0. The number of nitrogens with zero attached hydrogens (tertiary/aromatic N) is 3. The lowest BCUT2D eigenvalue weighted by Gasteiger charge is -2.05.